The van der Waals surface area contributed by atoms with Crippen LogP contribution in [0.15, 0.2) is 18.2 Å². The molecule has 1 aromatic carbocycles. The molecule has 18 heavy (non-hydrogen) atoms. The van der Waals surface area contributed by atoms with Crippen molar-refractivity contribution >= 4 is 23.5 Å². The maximum absolute atomic E-state index is 11.3. The van der Waals surface area contributed by atoms with E-state index in [1.807, 2.05) is 0 Å². The molecule has 2 N–H and O–H groups in total. The molecule has 0 spiro atoms. The minimum absolute atomic E-state index is 0.292. The molecule has 5 nitrogen and oxygen atoms in total. The zero-order chi connectivity index (χ0) is 13.7. The van der Waals surface area contributed by atoms with Crippen LogP contribution in [0.2, 0.25) is 5.02 Å². The van der Waals surface area contributed by atoms with Gasteiger partial charge in [-0.3, -0.25) is 4.79 Å². The Kier molecular flexibility index (Phi) is 4.97. The number of carbonyl (C=O) groups is 2. The summed E-state index contributed by atoms with van der Waals surface area (Å²) in [6.07, 6.45) is -0.965. The highest BCUT2D eigenvalue weighted by Gasteiger charge is 2.15. The number of hydrogen-bond donors (Lipinski definition) is 1. The number of benzene rings is 1. The molecule has 0 unspecified atom stereocenters. The van der Waals surface area contributed by atoms with Crippen LogP contribution >= 0.6 is 11.6 Å². The second-order valence-corrected chi connectivity index (χ2v) is 4.17. The molecule has 1 amide bonds. The molecule has 0 aliphatic carbocycles. The quantitative estimate of drug-likeness (QED) is 0.822. The van der Waals surface area contributed by atoms with Crippen molar-refractivity contribution in [2.75, 3.05) is 6.61 Å². The third-order valence-electron chi connectivity index (χ3n) is 2.19. The van der Waals surface area contributed by atoms with E-state index < -0.39 is 18.0 Å². The summed E-state index contributed by atoms with van der Waals surface area (Å²) in [5, 5.41) is 0.588. The summed E-state index contributed by atoms with van der Waals surface area (Å²) in [4.78, 5) is 22.0. The van der Waals surface area contributed by atoms with Gasteiger partial charge in [-0.15, -0.1) is 0 Å². The first-order chi connectivity index (χ1) is 8.40. The molecule has 1 rings (SSSR count). The van der Waals surface area contributed by atoms with Crippen LogP contribution in [0, 0.1) is 6.92 Å². The van der Waals surface area contributed by atoms with E-state index in [0.717, 1.165) is 5.56 Å². The first-order valence-electron chi connectivity index (χ1n) is 5.28. The van der Waals surface area contributed by atoms with E-state index in [4.69, 9.17) is 26.8 Å². The van der Waals surface area contributed by atoms with Crippen LogP contribution in [-0.2, 0) is 14.3 Å². The lowest BCUT2D eigenvalue weighted by atomic mass is 10.2. The molecule has 0 saturated heterocycles. The summed E-state index contributed by atoms with van der Waals surface area (Å²) >= 11 is 5.78. The van der Waals surface area contributed by atoms with Gasteiger partial charge in [0.15, 0.2) is 12.7 Å². The molecular formula is C12H14ClNO4. The number of amides is 1. The van der Waals surface area contributed by atoms with Gasteiger partial charge in [0.2, 0.25) is 0 Å². The van der Waals surface area contributed by atoms with Crippen molar-refractivity contribution in [2.45, 2.75) is 20.0 Å². The molecule has 0 aliphatic heterocycles. The van der Waals surface area contributed by atoms with Gasteiger partial charge in [-0.25, -0.2) is 4.79 Å². The van der Waals surface area contributed by atoms with Crippen molar-refractivity contribution < 1.29 is 19.1 Å². The van der Waals surface area contributed by atoms with Crippen LogP contribution in [0.1, 0.15) is 12.5 Å². The van der Waals surface area contributed by atoms with Crippen LogP contribution in [-0.4, -0.2) is 24.6 Å². The molecule has 1 aromatic rings. The number of primary amides is 1. The SMILES string of the molecule is Cc1cc(Cl)ccc1OCC(=O)O[C@H](C)C(N)=O. The van der Waals surface area contributed by atoms with Crippen molar-refractivity contribution in [1.82, 2.24) is 0 Å². The van der Waals surface area contributed by atoms with Gasteiger partial charge in [-0.1, -0.05) is 11.6 Å². The normalized spacial score (nSPS) is 11.7. The molecule has 1 atom stereocenters. The van der Waals surface area contributed by atoms with Gasteiger partial charge < -0.3 is 15.2 Å². The van der Waals surface area contributed by atoms with Gasteiger partial charge in [0, 0.05) is 5.02 Å². The van der Waals surface area contributed by atoms with Crippen molar-refractivity contribution in [3.05, 3.63) is 28.8 Å². The van der Waals surface area contributed by atoms with Crippen molar-refractivity contribution in [1.29, 1.82) is 0 Å². The molecule has 0 aromatic heterocycles. The molecular weight excluding hydrogens is 258 g/mol. The summed E-state index contributed by atoms with van der Waals surface area (Å²) in [5.74, 6) is -0.829. The standard InChI is InChI=1S/C12H14ClNO4/c1-7-5-9(13)3-4-10(7)17-6-11(15)18-8(2)12(14)16/h3-5,8H,6H2,1-2H3,(H2,14,16)/t8-/m1/s1. The number of halogens is 1. The summed E-state index contributed by atoms with van der Waals surface area (Å²) in [6.45, 7) is 2.91. The number of aryl methyl sites for hydroxylation is 1. The van der Waals surface area contributed by atoms with E-state index >= 15 is 0 Å². The maximum Gasteiger partial charge on any atom is 0.344 e. The number of ether oxygens (including phenoxy) is 2. The Bertz CT molecular complexity index is 461. The van der Waals surface area contributed by atoms with E-state index in [1.165, 1.54) is 6.92 Å². The summed E-state index contributed by atoms with van der Waals surface area (Å²) in [7, 11) is 0. The van der Waals surface area contributed by atoms with E-state index in [2.05, 4.69) is 0 Å². The molecule has 0 bridgehead atoms. The molecule has 0 heterocycles. The average molecular weight is 272 g/mol. The molecule has 0 radical (unpaired) electrons. The zero-order valence-electron chi connectivity index (χ0n) is 10.1. The second kappa shape index (κ2) is 6.26. The topological polar surface area (TPSA) is 78.6 Å². The summed E-state index contributed by atoms with van der Waals surface area (Å²) in [6, 6.07) is 5.03. The first-order valence-corrected chi connectivity index (χ1v) is 5.65. The van der Waals surface area contributed by atoms with E-state index in [-0.39, 0.29) is 6.61 Å². The Morgan fingerprint density at radius 2 is 2.11 bits per heavy atom. The minimum atomic E-state index is -0.965. The smallest absolute Gasteiger partial charge is 0.344 e. The molecule has 0 fully saturated rings. The fourth-order valence-corrected chi connectivity index (χ4v) is 1.43. The first kappa shape index (κ1) is 14.3. The molecule has 98 valence electrons. The van der Waals surface area contributed by atoms with E-state index in [0.29, 0.717) is 10.8 Å². The monoisotopic (exact) mass is 271 g/mol. The summed E-state index contributed by atoms with van der Waals surface area (Å²) < 4.78 is 9.98. The van der Waals surface area contributed by atoms with Gasteiger partial charge in [-0.05, 0) is 37.6 Å². The van der Waals surface area contributed by atoms with Crippen LogP contribution in [0.4, 0.5) is 0 Å². The van der Waals surface area contributed by atoms with Crippen molar-refractivity contribution in [3.63, 3.8) is 0 Å². The third kappa shape index (κ3) is 4.25. The average Bonchev–Trinajstić information content (AvgIpc) is 2.27. The number of carbonyl (C=O) groups excluding carboxylic acids is 2. The lowest BCUT2D eigenvalue weighted by Gasteiger charge is -2.11. The fourth-order valence-electron chi connectivity index (χ4n) is 1.20. The van der Waals surface area contributed by atoms with Crippen LogP contribution in [0.25, 0.3) is 0 Å². The molecule has 6 heteroatoms. The maximum atomic E-state index is 11.3. The predicted octanol–water partition coefficient (Wildman–Crippen LogP) is 1.44. The fraction of sp³-hybridized carbons (Fsp3) is 0.333. The van der Waals surface area contributed by atoms with Gasteiger partial charge >= 0.3 is 5.97 Å². The molecule has 0 saturated carbocycles. The second-order valence-electron chi connectivity index (χ2n) is 3.73. The van der Waals surface area contributed by atoms with Gasteiger partial charge in [0.05, 0.1) is 0 Å². The largest absolute Gasteiger partial charge is 0.482 e. The Labute approximate surface area is 110 Å². The number of hydrogen-bond acceptors (Lipinski definition) is 4. The lowest BCUT2D eigenvalue weighted by Crippen LogP contribution is -2.32. The number of esters is 1. The van der Waals surface area contributed by atoms with Crippen LogP contribution < -0.4 is 10.5 Å². The van der Waals surface area contributed by atoms with Crippen LogP contribution in [0.5, 0.6) is 5.75 Å². The van der Waals surface area contributed by atoms with E-state index in [1.54, 1.807) is 25.1 Å². The Morgan fingerprint density at radius 1 is 1.44 bits per heavy atom. The van der Waals surface area contributed by atoms with Crippen molar-refractivity contribution in [2.24, 2.45) is 5.73 Å². The Balaban J connectivity index is 2.50. The molecule has 0 aliphatic rings. The van der Waals surface area contributed by atoms with Gasteiger partial charge in [-0.2, -0.15) is 0 Å². The highest BCUT2D eigenvalue weighted by Crippen LogP contribution is 2.21. The van der Waals surface area contributed by atoms with Crippen molar-refractivity contribution in [3.8, 4) is 5.75 Å². The number of rotatable bonds is 5. The zero-order valence-corrected chi connectivity index (χ0v) is 10.9. The van der Waals surface area contributed by atoms with Gasteiger partial charge in [0.1, 0.15) is 5.75 Å². The highest BCUT2D eigenvalue weighted by molar-refractivity contribution is 6.30. The number of nitrogens with two attached hydrogens (primary N) is 1. The van der Waals surface area contributed by atoms with Gasteiger partial charge in [0.25, 0.3) is 5.91 Å². The summed E-state index contributed by atoms with van der Waals surface area (Å²) in [5.41, 5.74) is 5.76. The highest BCUT2D eigenvalue weighted by atomic mass is 35.5. The minimum Gasteiger partial charge on any atom is -0.482 e. The predicted molar refractivity (Wildman–Crippen MR) is 66.4 cm³/mol. The third-order valence-corrected chi connectivity index (χ3v) is 2.43. The Morgan fingerprint density at radius 3 is 2.67 bits per heavy atom. The van der Waals surface area contributed by atoms with E-state index in [9.17, 15) is 9.59 Å². The lowest BCUT2D eigenvalue weighted by molar-refractivity contribution is -0.155. The Hall–Kier alpha value is -1.75. The van der Waals surface area contributed by atoms with Crippen LogP contribution in [0.3, 0.4) is 0 Å².